The molecule has 0 saturated heterocycles. The van der Waals surface area contributed by atoms with Crippen molar-refractivity contribution in [2.45, 2.75) is 0 Å². The van der Waals surface area contributed by atoms with Crippen molar-refractivity contribution in [3.8, 4) is 0 Å². The van der Waals surface area contributed by atoms with E-state index in [0.717, 1.165) is 6.41 Å². The summed E-state index contributed by atoms with van der Waals surface area (Å²) < 4.78 is 58.9. The summed E-state index contributed by atoms with van der Waals surface area (Å²) in [7, 11) is 3.38. The van der Waals surface area contributed by atoms with Gasteiger partial charge in [0.25, 0.3) is 0 Å². The number of nitrogens with one attached hydrogen (secondary N) is 2. The van der Waals surface area contributed by atoms with Crippen LogP contribution in [0.5, 0.6) is 0 Å². The SMILES string of the molecule is CN(C)C=O.[O]=[Cr](=[O])([O-])[O][Cr](=[O])(=[O])[O-].c1cc[nH+]cc1.c1cc[nH+]cc1. The number of amides is 1. The van der Waals surface area contributed by atoms with Gasteiger partial charge in [0.15, 0.2) is 24.8 Å². The molecule has 0 aliphatic carbocycles. The Bertz CT molecular complexity index is 655. The van der Waals surface area contributed by atoms with Crippen molar-refractivity contribution in [2.75, 3.05) is 14.1 Å². The van der Waals surface area contributed by atoms with Crippen LogP contribution in [0.15, 0.2) is 61.2 Å². The van der Waals surface area contributed by atoms with Crippen LogP contribution in [-0.4, -0.2) is 25.4 Å². The number of pyridine rings is 2. The Balaban J connectivity index is 0. The molecule has 0 atom stereocenters. The van der Waals surface area contributed by atoms with Crippen LogP contribution in [0.4, 0.5) is 0 Å². The molecule has 2 aromatic heterocycles. The van der Waals surface area contributed by atoms with Crippen molar-refractivity contribution >= 4 is 6.41 Å². The van der Waals surface area contributed by atoms with Crippen molar-refractivity contribution < 1.29 is 68.4 Å². The van der Waals surface area contributed by atoms with Crippen molar-refractivity contribution in [1.29, 1.82) is 0 Å². The van der Waals surface area contributed by atoms with Crippen molar-refractivity contribution in [2.24, 2.45) is 0 Å². The molecule has 0 aliphatic heterocycles. The van der Waals surface area contributed by atoms with Gasteiger partial charge in [0, 0.05) is 38.4 Å². The Hall–Kier alpha value is -2.09. The maximum Gasteiger partial charge on any atom is 0.166 e. The molecule has 2 aromatic rings. The first-order valence-corrected chi connectivity index (χ1v) is 10.7. The summed E-state index contributed by atoms with van der Waals surface area (Å²) in [5.74, 6) is 0. The number of H-pyrrole nitrogens is 2. The second kappa shape index (κ2) is 15.2. The van der Waals surface area contributed by atoms with Crippen LogP contribution in [-0.2, 0) is 50.1 Å². The average Bonchev–Trinajstić information content (AvgIpc) is 2.56. The fourth-order valence-corrected chi connectivity index (χ4v) is 2.42. The predicted octanol–water partition coefficient (Wildman–Crippen LogP) is -2.22. The van der Waals surface area contributed by atoms with Gasteiger partial charge in [-0.1, -0.05) is 12.1 Å². The number of aromatic nitrogens is 2. The molecule has 0 spiro atoms. The van der Waals surface area contributed by atoms with Gasteiger partial charge in [0.2, 0.25) is 6.41 Å². The van der Waals surface area contributed by atoms with E-state index in [1.54, 1.807) is 14.1 Å². The number of nitrogens with zero attached hydrogens (tertiary/aromatic N) is 1. The quantitative estimate of drug-likeness (QED) is 0.474. The Morgan fingerprint density at radius 2 is 1.04 bits per heavy atom. The van der Waals surface area contributed by atoms with E-state index in [9.17, 15) is 28.3 Å². The largest absolute Gasteiger partial charge is 0.218 e. The average molecular weight is 449 g/mol. The van der Waals surface area contributed by atoms with E-state index in [1.807, 2.05) is 61.2 Å². The predicted molar refractivity (Wildman–Crippen MR) is 69.6 cm³/mol. The summed E-state index contributed by atoms with van der Waals surface area (Å²) in [6.07, 6.45) is 8.25. The summed E-state index contributed by atoms with van der Waals surface area (Å²) in [6.45, 7) is 0. The van der Waals surface area contributed by atoms with Gasteiger partial charge < -0.3 is 4.90 Å². The molecule has 0 radical (unpaired) electrons. The van der Waals surface area contributed by atoms with Crippen LogP contribution in [0.25, 0.3) is 0 Å². The normalized spacial score (nSPS) is 9.69. The molecule has 26 heavy (non-hydrogen) atoms. The van der Waals surface area contributed by atoms with Crippen LogP contribution in [0.1, 0.15) is 0 Å². The molecule has 2 N–H and O–H groups in total. The zero-order chi connectivity index (χ0) is 20.5. The molecule has 0 aromatic carbocycles. The van der Waals surface area contributed by atoms with E-state index in [4.69, 9.17) is 0 Å². The number of hydrogen-bond donors (Lipinski definition) is 0. The molecule has 11 nitrogen and oxygen atoms in total. The molecule has 0 saturated carbocycles. The molecule has 0 bridgehead atoms. The zero-order valence-corrected chi connectivity index (χ0v) is 16.4. The van der Waals surface area contributed by atoms with Crippen LogP contribution >= 0.6 is 0 Å². The van der Waals surface area contributed by atoms with Gasteiger partial charge in [0.1, 0.15) is 0 Å². The minimum absolute atomic E-state index is 0.750. The molecule has 2 rings (SSSR count). The summed E-state index contributed by atoms with van der Waals surface area (Å²) >= 11 is -12.1. The van der Waals surface area contributed by atoms with E-state index in [-0.39, 0.29) is 0 Å². The van der Waals surface area contributed by atoms with Crippen molar-refractivity contribution in [3.05, 3.63) is 61.2 Å². The van der Waals surface area contributed by atoms with Gasteiger partial charge in [-0.15, -0.1) is 0 Å². The van der Waals surface area contributed by atoms with Gasteiger partial charge in [-0.2, -0.15) is 0 Å². The Labute approximate surface area is 155 Å². The number of aromatic amines is 2. The van der Waals surface area contributed by atoms with E-state index >= 15 is 0 Å². The molecule has 1 amide bonds. The van der Waals surface area contributed by atoms with Gasteiger partial charge in [-0.25, -0.2) is 9.97 Å². The first kappa shape index (κ1) is 26.1. The van der Waals surface area contributed by atoms with Crippen molar-refractivity contribution in [3.63, 3.8) is 0 Å². The van der Waals surface area contributed by atoms with E-state index in [2.05, 4.69) is 12.8 Å². The summed E-state index contributed by atoms with van der Waals surface area (Å²) in [4.78, 5) is 16.7. The molecule has 0 fully saturated rings. The minimum Gasteiger partial charge on any atom is -0.218 e. The maximum absolute atomic E-state index is 9.43. The molecule has 0 unspecified atom stereocenters. The second-order valence-electron chi connectivity index (χ2n) is 4.11. The third-order valence-corrected chi connectivity index (χ3v) is 4.26. The minimum atomic E-state index is -6.07. The Morgan fingerprint density at radius 1 is 0.769 bits per heavy atom. The fourth-order valence-electron chi connectivity index (χ4n) is 0.786. The monoisotopic (exact) mass is 449 g/mol. The van der Waals surface area contributed by atoms with Crippen molar-refractivity contribution in [1.82, 2.24) is 4.90 Å². The topological polar surface area (TPSA) is 172 Å². The summed E-state index contributed by atoms with van der Waals surface area (Å²) in [5.41, 5.74) is 0. The number of carbonyl (C=O) groups is 1. The van der Waals surface area contributed by atoms with Gasteiger partial charge in [-0.3, -0.25) is 4.79 Å². The smallest absolute Gasteiger partial charge is 0.166 e. The van der Waals surface area contributed by atoms with Crippen LogP contribution in [0.3, 0.4) is 0 Å². The van der Waals surface area contributed by atoms with Gasteiger partial charge in [0.05, 0.1) is 0 Å². The maximum atomic E-state index is 9.43. The van der Waals surface area contributed by atoms with E-state index in [1.165, 1.54) is 4.90 Å². The summed E-state index contributed by atoms with van der Waals surface area (Å²) in [5, 5.41) is 0. The molecular weight excluding hydrogens is 430 g/mol. The van der Waals surface area contributed by atoms with E-state index in [0.29, 0.717) is 0 Å². The third kappa shape index (κ3) is 29.9. The van der Waals surface area contributed by atoms with E-state index < -0.39 is 27.2 Å². The van der Waals surface area contributed by atoms with Gasteiger partial charge >= 0.3 is 53.6 Å². The first-order valence-electron chi connectivity index (χ1n) is 6.54. The molecule has 146 valence electrons. The summed E-state index contributed by atoms with van der Waals surface area (Å²) in [6, 6.07) is 11.7. The number of hydrogen-bond acceptors (Lipinski definition) is 8. The standard InChI is InChI=1S/2C5H5N.C3H7NO.2Cr.7O/c2*1-2-4-6-5-3-1;1-4(2)3-5;;;;;;;;;/h2*1-5H;3H,1-2H3;;;;;;;;;/q;;;;;;;;;;2*-1/p+2. The van der Waals surface area contributed by atoms with Gasteiger partial charge in [-0.05, 0) is 0 Å². The molecular formula is C13H19Cr2N3O8. The van der Waals surface area contributed by atoms with Crippen LogP contribution < -0.4 is 18.3 Å². The zero-order valence-electron chi connectivity index (χ0n) is 13.9. The molecule has 2 heterocycles. The number of rotatable bonds is 3. The Kier molecular flexibility index (Phi) is 15.3. The molecule has 13 heteroatoms. The Morgan fingerprint density at radius 3 is 1.08 bits per heavy atom. The first-order chi connectivity index (χ1) is 12.0. The van der Waals surface area contributed by atoms with Crippen LogP contribution in [0.2, 0.25) is 0 Å². The number of carbonyl (C=O) groups excluding carboxylic acids is 1. The molecule has 0 aliphatic rings. The fraction of sp³-hybridized carbons (Fsp3) is 0.154. The third-order valence-electron chi connectivity index (χ3n) is 1.59. The van der Waals surface area contributed by atoms with Crippen LogP contribution in [0, 0.1) is 0 Å². The second-order valence-corrected chi connectivity index (χ2v) is 7.75.